The smallest absolute Gasteiger partial charge is 0.269 e. The molecule has 0 bridgehead atoms. The fourth-order valence-corrected chi connectivity index (χ4v) is 1.08. The van der Waals surface area contributed by atoms with Crippen molar-refractivity contribution < 1.29 is 4.79 Å². The molecule has 0 saturated carbocycles. The van der Waals surface area contributed by atoms with Gasteiger partial charge in [0.25, 0.3) is 5.91 Å². The molecule has 0 atom stereocenters. The molecule has 1 rings (SSSR count). The molecule has 10 radical (unpaired) electrons. The molecule has 0 aliphatic rings. The number of rotatable bonds is 3. The Hall–Kier alpha value is -0.995. The van der Waals surface area contributed by atoms with Gasteiger partial charge >= 0.3 is 0 Å². The van der Waals surface area contributed by atoms with E-state index >= 15 is 0 Å². The van der Waals surface area contributed by atoms with E-state index in [-0.39, 0.29) is 5.69 Å². The number of hydrogen-bond donors (Lipinski definition) is 1. The highest BCUT2D eigenvalue weighted by Crippen LogP contribution is 2.29. The van der Waals surface area contributed by atoms with E-state index in [2.05, 4.69) is 10.4 Å². The third-order valence-corrected chi connectivity index (χ3v) is 2.15. The van der Waals surface area contributed by atoms with Crippen molar-refractivity contribution in [1.29, 1.82) is 0 Å². The predicted molar refractivity (Wildman–Crippen MR) is 65.1 cm³/mol. The van der Waals surface area contributed by atoms with Crippen LogP contribution in [0.4, 0.5) is 0 Å². The lowest BCUT2D eigenvalue weighted by Gasteiger charge is -2.42. The highest BCUT2D eigenvalue weighted by molar-refractivity contribution is 6.66. The van der Waals surface area contributed by atoms with E-state index in [0.717, 1.165) is 4.68 Å². The van der Waals surface area contributed by atoms with E-state index in [4.69, 9.17) is 39.2 Å². The van der Waals surface area contributed by atoms with E-state index < -0.39 is 16.4 Å². The van der Waals surface area contributed by atoms with Crippen molar-refractivity contribution in [1.82, 2.24) is 15.1 Å². The number of nitrogens with zero attached hydrogens (tertiary/aromatic N) is 2. The zero-order chi connectivity index (χ0) is 12.6. The van der Waals surface area contributed by atoms with Gasteiger partial charge in [0.05, 0.1) is 39.2 Å². The van der Waals surface area contributed by atoms with Gasteiger partial charge in [-0.2, -0.15) is 5.10 Å². The van der Waals surface area contributed by atoms with Crippen molar-refractivity contribution in [3.63, 3.8) is 0 Å². The van der Waals surface area contributed by atoms with Gasteiger partial charge in [-0.25, -0.2) is 0 Å². The summed E-state index contributed by atoms with van der Waals surface area (Å²) in [7, 11) is 29.1. The number of hydrogen-bond acceptors (Lipinski definition) is 2. The molecule has 0 fully saturated rings. The van der Waals surface area contributed by atoms with Crippen LogP contribution in [0, 0.1) is 0 Å². The highest BCUT2D eigenvalue weighted by Gasteiger charge is 2.34. The van der Waals surface area contributed by atoms with Gasteiger partial charge in [0, 0.05) is 13.2 Å². The Kier molecular flexibility index (Phi) is 3.36. The first-order valence-corrected chi connectivity index (χ1v) is 4.42. The molecule has 0 aromatic carbocycles. The van der Waals surface area contributed by atoms with Gasteiger partial charge in [-0.15, -0.1) is 5.11 Å². The van der Waals surface area contributed by atoms with Gasteiger partial charge in [-0.05, 0) is 11.4 Å². The fraction of sp³-hybridized carbons (Fsp3) is 0.429. The first-order valence-electron chi connectivity index (χ1n) is 4.42. The molecule has 1 amide bonds. The minimum absolute atomic E-state index is 0.109. The van der Waals surface area contributed by atoms with Crippen molar-refractivity contribution in [2.24, 2.45) is 0 Å². The van der Waals surface area contributed by atoms with Crippen LogP contribution in [0.1, 0.15) is 10.5 Å². The second-order valence-corrected chi connectivity index (χ2v) is 3.47. The van der Waals surface area contributed by atoms with Crippen LogP contribution in [0.25, 0.3) is 0 Å². The molecule has 1 heterocycles. The maximum absolute atomic E-state index is 11.5. The molecule has 0 aliphatic carbocycles. The zero-order valence-electron chi connectivity index (χ0n) is 8.84. The number of carbonyl (C=O) groups is 1. The lowest BCUT2D eigenvalue weighted by atomic mass is 9.26. The molecule has 0 spiro atoms. The zero-order valence-corrected chi connectivity index (χ0v) is 8.84. The van der Waals surface area contributed by atoms with Crippen LogP contribution in [-0.2, 0) is 5.34 Å². The van der Waals surface area contributed by atoms with Gasteiger partial charge in [0.15, 0.2) is 0 Å². The maximum Gasteiger partial charge on any atom is 0.269 e. The van der Waals surface area contributed by atoms with E-state index in [1.165, 1.54) is 19.3 Å². The van der Waals surface area contributed by atoms with E-state index in [0.29, 0.717) is 0 Å². The minimum atomic E-state index is -1.93. The third-order valence-electron chi connectivity index (χ3n) is 2.15. The first-order chi connectivity index (χ1) is 7.21. The van der Waals surface area contributed by atoms with Crippen molar-refractivity contribution in [3.05, 3.63) is 18.0 Å². The average molecular weight is 202 g/mol. The Labute approximate surface area is 101 Å². The predicted octanol–water partition coefficient (Wildman–Crippen LogP) is -2.23. The Morgan fingerprint density at radius 1 is 1.38 bits per heavy atom. The molecule has 70 valence electrons. The molecule has 16 heavy (non-hydrogen) atoms. The highest BCUT2D eigenvalue weighted by atomic mass is 16.1. The second kappa shape index (κ2) is 4.11. The summed E-state index contributed by atoms with van der Waals surface area (Å²) in [4.78, 5) is 11.5. The SMILES string of the molecule is [B]C([B])([B])C([B])([B])n1nccc1C(=O)NC. The van der Waals surface area contributed by atoms with Gasteiger partial charge in [0.1, 0.15) is 5.69 Å². The summed E-state index contributed by atoms with van der Waals surface area (Å²) < 4.78 is 0.978. The van der Waals surface area contributed by atoms with Crippen molar-refractivity contribution in [2.45, 2.75) is 10.5 Å². The van der Waals surface area contributed by atoms with E-state index in [1.807, 2.05) is 0 Å². The molecular formula is C7H6B5N3O. The van der Waals surface area contributed by atoms with Crippen LogP contribution < -0.4 is 5.32 Å². The fourth-order valence-electron chi connectivity index (χ4n) is 1.08. The van der Waals surface area contributed by atoms with Crippen LogP contribution >= 0.6 is 0 Å². The Balaban J connectivity index is 3.24. The molecule has 1 aromatic rings. The number of carbonyl (C=O) groups excluding carboxylic acids is 1. The summed E-state index contributed by atoms with van der Waals surface area (Å²) in [5.74, 6) is -0.429. The molecule has 0 unspecified atom stereocenters. The number of aromatic nitrogens is 2. The van der Waals surface area contributed by atoms with Gasteiger partial charge in [-0.1, -0.05) is 0 Å². The Morgan fingerprint density at radius 2 is 1.94 bits per heavy atom. The molecule has 4 nitrogen and oxygen atoms in total. The van der Waals surface area contributed by atoms with Crippen LogP contribution in [0.3, 0.4) is 0 Å². The summed E-state index contributed by atoms with van der Waals surface area (Å²) in [5, 5.41) is 2.37. The van der Waals surface area contributed by atoms with Crippen molar-refractivity contribution in [3.8, 4) is 0 Å². The molecule has 9 heteroatoms. The molecular weight excluding hydrogens is 196 g/mol. The second-order valence-electron chi connectivity index (χ2n) is 3.47. The summed E-state index contributed by atoms with van der Waals surface area (Å²) >= 11 is 0. The lowest BCUT2D eigenvalue weighted by molar-refractivity contribution is 0.0950. The van der Waals surface area contributed by atoms with Gasteiger partial charge in [-0.3, -0.25) is 9.48 Å². The number of nitrogens with one attached hydrogen (secondary N) is 1. The standard InChI is InChI=1S/C7H6B5N3O/c1-13-5(16)4-2-3-14-15(4)7(11,12)6(8,9)10/h2-3H,1H3,(H,13,16). The summed E-state index contributed by atoms with van der Waals surface area (Å²) in [5.41, 5.74) is 0.109. The normalized spacial score (nSPS) is 12.3. The molecule has 0 aliphatic heterocycles. The lowest BCUT2D eigenvalue weighted by Crippen LogP contribution is -2.50. The molecule has 1 aromatic heterocycles. The molecule has 1 N–H and O–H groups in total. The van der Waals surface area contributed by atoms with Crippen LogP contribution in [0.5, 0.6) is 0 Å². The van der Waals surface area contributed by atoms with E-state index in [9.17, 15) is 4.79 Å². The maximum atomic E-state index is 11.5. The minimum Gasteiger partial charge on any atom is -0.354 e. The first kappa shape index (κ1) is 13.1. The van der Waals surface area contributed by atoms with Crippen LogP contribution in [0.2, 0.25) is 5.11 Å². The largest absolute Gasteiger partial charge is 0.354 e. The monoisotopic (exact) mass is 203 g/mol. The van der Waals surface area contributed by atoms with Crippen LogP contribution in [-0.4, -0.2) is 62.0 Å². The third kappa shape index (κ3) is 2.08. The topological polar surface area (TPSA) is 46.9 Å². The summed E-state index contributed by atoms with van der Waals surface area (Å²) in [6.07, 6.45) is 1.34. The van der Waals surface area contributed by atoms with Gasteiger partial charge in [0.2, 0.25) is 0 Å². The number of amides is 1. The summed E-state index contributed by atoms with van der Waals surface area (Å²) in [6.45, 7) is 0. The van der Waals surface area contributed by atoms with Crippen LogP contribution in [0.15, 0.2) is 12.3 Å². The van der Waals surface area contributed by atoms with Crippen molar-refractivity contribution >= 4 is 45.1 Å². The quantitative estimate of drug-likeness (QED) is 0.564. The Bertz CT molecular complexity index is 397. The Morgan fingerprint density at radius 3 is 2.38 bits per heavy atom. The van der Waals surface area contributed by atoms with Crippen molar-refractivity contribution in [2.75, 3.05) is 7.05 Å². The van der Waals surface area contributed by atoms with Gasteiger partial charge < -0.3 is 5.32 Å². The summed E-state index contributed by atoms with van der Waals surface area (Å²) in [6, 6.07) is 1.42. The molecule has 0 saturated heterocycles. The average Bonchev–Trinajstić information content (AvgIpc) is 2.63. The van der Waals surface area contributed by atoms with E-state index in [1.54, 1.807) is 0 Å².